The third-order valence-electron chi connectivity index (χ3n) is 4.61. The van der Waals surface area contributed by atoms with E-state index in [4.69, 9.17) is 4.84 Å². The van der Waals surface area contributed by atoms with Gasteiger partial charge in [-0.15, -0.1) is 21.5 Å². The van der Waals surface area contributed by atoms with Crippen molar-refractivity contribution in [2.75, 3.05) is 19.0 Å². The summed E-state index contributed by atoms with van der Waals surface area (Å²) < 4.78 is 0.928. The molecule has 1 saturated heterocycles. The second-order valence-electron chi connectivity index (χ2n) is 6.90. The Kier molecular flexibility index (Phi) is 5.28. The number of amides is 2. The highest BCUT2D eigenvalue weighted by molar-refractivity contribution is 7.17. The zero-order valence-corrected chi connectivity index (χ0v) is 17.2. The summed E-state index contributed by atoms with van der Waals surface area (Å²) in [6.45, 7) is 0. The van der Waals surface area contributed by atoms with Crippen LogP contribution in [0.5, 0.6) is 0 Å². The lowest BCUT2D eigenvalue weighted by atomic mass is 10.1. The first-order valence-electron chi connectivity index (χ1n) is 9.21. The number of thiophene rings is 1. The van der Waals surface area contributed by atoms with Crippen LogP contribution < -0.4 is 4.90 Å². The Morgan fingerprint density at radius 3 is 2.40 bits per heavy atom. The summed E-state index contributed by atoms with van der Waals surface area (Å²) in [5.74, 6) is -1.80. The molecule has 0 bridgehead atoms. The number of rotatable bonds is 5. The van der Waals surface area contributed by atoms with Crippen LogP contribution in [0.25, 0.3) is 10.1 Å². The number of anilines is 1. The summed E-state index contributed by atoms with van der Waals surface area (Å²) >= 11 is 1.48. The van der Waals surface area contributed by atoms with Gasteiger partial charge in [-0.2, -0.15) is 5.11 Å². The molecule has 2 heterocycles. The van der Waals surface area contributed by atoms with Crippen molar-refractivity contribution >= 4 is 56.3 Å². The molecule has 3 aromatic rings. The van der Waals surface area contributed by atoms with E-state index in [0.29, 0.717) is 16.4 Å². The summed E-state index contributed by atoms with van der Waals surface area (Å²) in [6.07, 6.45) is 0.103. The molecule has 0 atom stereocenters. The average Bonchev–Trinajstić information content (AvgIpc) is 3.29. The molecule has 2 amide bonds. The van der Waals surface area contributed by atoms with Gasteiger partial charge in [0, 0.05) is 48.1 Å². The van der Waals surface area contributed by atoms with Gasteiger partial charge in [-0.3, -0.25) is 9.59 Å². The van der Waals surface area contributed by atoms with Gasteiger partial charge in [0.15, 0.2) is 0 Å². The number of carbonyl (C=O) groups excluding carboxylic acids is 3. The third kappa shape index (κ3) is 3.92. The zero-order valence-electron chi connectivity index (χ0n) is 16.4. The van der Waals surface area contributed by atoms with Gasteiger partial charge in [0.1, 0.15) is 5.69 Å². The molecule has 9 heteroatoms. The van der Waals surface area contributed by atoms with Gasteiger partial charge < -0.3 is 9.74 Å². The lowest BCUT2D eigenvalue weighted by Gasteiger charge is -2.12. The summed E-state index contributed by atoms with van der Waals surface area (Å²) in [5, 5.41) is 11.7. The number of hydrogen-bond acceptors (Lipinski definition) is 8. The van der Waals surface area contributed by atoms with Crippen molar-refractivity contribution in [1.29, 1.82) is 0 Å². The molecule has 2 aromatic carbocycles. The minimum absolute atomic E-state index is 0.0513. The standard InChI is InChI=1S/C21H18N4O4S/c1-24(2)15-6-4-14(5-7-15)22-23-17-12-30-18-8-3-13(11-16(17)18)21(28)29-25-19(26)9-10-20(25)27/h3-8,11-12H,9-10H2,1-2H3. The van der Waals surface area contributed by atoms with Crippen molar-refractivity contribution in [3.8, 4) is 0 Å². The fourth-order valence-electron chi connectivity index (χ4n) is 2.94. The van der Waals surface area contributed by atoms with Crippen molar-refractivity contribution in [1.82, 2.24) is 5.06 Å². The number of hydrogen-bond donors (Lipinski definition) is 0. The minimum Gasteiger partial charge on any atom is -0.378 e. The molecule has 1 aromatic heterocycles. The van der Waals surface area contributed by atoms with E-state index in [0.717, 1.165) is 15.8 Å². The van der Waals surface area contributed by atoms with Crippen molar-refractivity contribution < 1.29 is 19.2 Å². The number of hydroxylamine groups is 2. The topological polar surface area (TPSA) is 91.6 Å². The molecule has 1 fully saturated rings. The first-order valence-corrected chi connectivity index (χ1v) is 10.1. The maximum atomic E-state index is 12.4. The smallest absolute Gasteiger partial charge is 0.363 e. The molecule has 0 saturated carbocycles. The second kappa shape index (κ2) is 8.03. The molecule has 4 rings (SSSR count). The van der Waals surface area contributed by atoms with E-state index in [-0.39, 0.29) is 18.4 Å². The normalized spacial score (nSPS) is 14.1. The van der Waals surface area contributed by atoms with Gasteiger partial charge in [-0.1, -0.05) is 0 Å². The van der Waals surface area contributed by atoms with E-state index in [9.17, 15) is 14.4 Å². The van der Waals surface area contributed by atoms with E-state index >= 15 is 0 Å². The van der Waals surface area contributed by atoms with Crippen molar-refractivity contribution in [2.24, 2.45) is 10.2 Å². The zero-order chi connectivity index (χ0) is 21.3. The number of nitrogens with zero attached hydrogens (tertiary/aromatic N) is 4. The van der Waals surface area contributed by atoms with E-state index in [1.807, 2.05) is 48.6 Å². The monoisotopic (exact) mass is 422 g/mol. The summed E-state index contributed by atoms with van der Waals surface area (Å²) in [7, 11) is 3.93. The largest absolute Gasteiger partial charge is 0.378 e. The number of imide groups is 1. The highest BCUT2D eigenvalue weighted by Gasteiger charge is 2.33. The Labute approximate surface area is 176 Å². The highest BCUT2D eigenvalue weighted by Crippen LogP contribution is 2.34. The summed E-state index contributed by atoms with van der Waals surface area (Å²) in [5.41, 5.74) is 2.62. The molecule has 30 heavy (non-hydrogen) atoms. The number of fused-ring (bicyclic) bond motifs is 1. The molecule has 0 aliphatic carbocycles. The summed E-state index contributed by atoms with van der Waals surface area (Å²) in [6, 6.07) is 12.6. The lowest BCUT2D eigenvalue weighted by molar-refractivity contribution is -0.172. The van der Waals surface area contributed by atoms with Crippen LogP contribution in [0.1, 0.15) is 23.2 Å². The van der Waals surface area contributed by atoms with Gasteiger partial charge in [-0.25, -0.2) is 4.79 Å². The fraction of sp³-hybridized carbons (Fsp3) is 0.190. The van der Waals surface area contributed by atoms with Crippen LogP contribution in [-0.2, 0) is 14.4 Å². The Bertz CT molecular complexity index is 1150. The first-order chi connectivity index (χ1) is 14.4. The van der Waals surface area contributed by atoms with Crippen molar-refractivity contribution in [3.05, 3.63) is 53.4 Å². The molecule has 0 N–H and O–H groups in total. The molecule has 1 aliphatic heterocycles. The van der Waals surface area contributed by atoms with E-state index in [2.05, 4.69) is 10.2 Å². The fourth-order valence-corrected chi connectivity index (χ4v) is 3.79. The van der Waals surface area contributed by atoms with Gasteiger partial charge in [-0.05, 0) is 42.5 Å². The van der Waals surface area contributed by atoms with Crippen LogP contribution in [0.4, 0.5) is 17.1 Å². The van der Waals surface area contributed by atoms with Crippen LogP contribution >= 0.6 is 11.3 Å². The summed E-state index contributed by atoms with van der Waals surface area (Å²) in [4.78, 5) is 42.7. The van der Waals surface area contributed by atoms with Crippen LogP contribution in [0, 0.1) is 0 Å². The van der Waals surface area contributed by atoms with Gasteiger partial charge in [0.05, 0.1) is 11.3 Å². The molecule has 0 unspecified atom stereocenters. The second-order valence-corrected chi connectivity index (χ2v) is 7.81. The van der Waals surface area contributed by atoms with Crippen LogP contribution in [0.3, 0.4) is 0 Å². The molecule has 0 radical (unpaired) electrons. The van der Waals surface area contributed by atoms with Gasteiger partial charge in [0.25, 0.3) is 11.8 Å². The van der Waals surface area contributed by atoms with Crippen molar-refractivity contribution in [3.63, 3.8) is 0 Å². The maximum Gasteiger partial charge on any atom is 0.363 e. The lowest BCUT2D eigenvalue weighted by Crippen LogP contribution is -2.32. The van der Waals surface area contributed by atoms with E-state index in [1.54, 1.807) is 18.2 Å². The van der Waals surface area contributed by atoms with Crippen LogP contribution in [0.15, 0.2) is 58.1 Å². The Morgan fingerprint density at radius 2 is 1.73 bits per heavy atom. The number of carbonyl (C=O) groups is 3. The van der Waals surface area contributed by atoms with Crippen LogP contribution in [-0.4, -0.2) is 36.9 Å². The number of azo groups is 1. The van der Waals surface area contributed by atoms with Gasteiger partial charge >= 0.3 is 5.97 Å². The van der Waals surface area contributed by atoms with E-state index in [1.165, 1.54) is 11.3 Å². The molecular weight excluding hydrogens is 404 g/mol. The average molecular weight is 422 g/mol. The molecule has 152 valence electrons. The number of benzene rings is 2. The minimum atomic E-state index is -0.770. The van der Waals surface area contributed by atoms with Crippen LogP contribution in [0.2, 0.25) is 0 Å². The highest BCUT2D eigenvalue weighted by atomic mass is 32.1. The predicted molar refractivity (Wildman–Crippen MR) is 113 cm³/mol. The SMILES string of the molecule is CN(C)c1ccc(N=Nc2csc3ccc(C(=O)ON4C(=O)CCC4=O)cc23)cc1. The Balaban J connectivity index is 1.56. The molecule has 0 spiro atoms. The Morgan fingerprint density at radius 1 is 1.03 bits per heavy atom. The molecular formula is C21H18N4O4S. The third-order valence-corrected chi connectivity index (χ3v) is 5.56. The quantitative estimate of drug-likeness (QED) is 0.442. The van der Waals surface area contributed by atoms with Gasteiger partial charge in [0.2, 0.25) is 0 Å². The maximum absolute atomic E-state index is 12.4. The van der Waals surface area contributed by atoms with E-state index < -0.39 is 17.8 Å². The Hall–Kier alpha value is -3.59. The molecule has 8 nitrogen and oxygen atoms in total. The predicted octanol–water partition coefficient (Wildman–Crippen LogP) is 4.60. The first kappa shape index (κ1) is 19.7. The van der Waals surface area contributed by atoms with Crippen molar-refractivity contribution in [2.45, 2.75) is 12.8 Å². The molecule has 1 aliphatic rings.